The molecule has 326 valence electrons. The van der Waals surface area contributed by atoms with Crippen molar-refractivity contribution < 1.29 is 9.30 Å². The second-order valence-electron chi connectivity index (χ2n) is 20.8. The summed E-state index contributed by atoms with van der Waals surface area (Å²) in [4.78, 5) is 5.00. The van der Waals surface area contributed by atoms with Crippen LogP contribution in [0.5, 0.6) is 11.5 Å². The van der Waals surface area contributed by atoms with E-state index in [1.54, 1.807) is 0 Å². The molecule has 0 atom stereocenters. The first-order chi connectivity index (χ1) is 31.6. The Balaban J connectivity index is 1.12. The highest BCUT2D eigenvalue weighted by molar-refractivity contribution is 6.13. The molecule has 0 radical (unpaired) electrons. The predicted molar refractivity (Wildman–Crippen MR) is 273 cm³/mol. The van der Waals surface area contributed by atoms with Gasteiger partial charge in [0.15, 0.2) is 5.75 Å². The van der Waals surface area contributed by atoms with Crippen LogP contribution in [0.3, 0.4) is 0 Å². The van der Waals surface area contributed by atoms with Crippen LogP contribution in [-0.2, 0) is 16.2 Å². The molecule has 0 saturated carbocycles. The van der Waals surface area contributed by atoms with Crippen molar-refractivity contribution in [2.75, 3.05) is 0 Å². The minimum atomic E-state index is -0.0486. The third-order valence-corrected chi connectivity index (χ3v) is 13.2. The Morgan fingerprint density at radius 1 is 0.470 bits per heavy atom. The first-order valence-electron chi connectivity index (χ1n) is 23.0. The molecule has 11 rings (SSSR count). The Morgan fingerprint density at radius 2 is 1.03 bits per heavy atom. The maximum Gasteiger partial charge on any atom is 0.269 e. The highest BCUT2D eigenvalue weighted by atomic mass is 16.5. The predicted octanol–water partition coefficient (Wildman–Crippen LogP) is 15.0. The minimum Gasteiger partial charge on any atom is -0.456 e. The zero-order chi connectivity index (χ0) is 45.7. The van der Waals surface area contributed by atoms with Crippen LogP contribution >= 0.6 is 0 Å². The average Bonchev–Trinajstić information content (AvgIpc) is 3.96. The van der Waals surface area contributed by atoms with Crippen molar-refractivity contribution in [3.05, 3.63) is 193 Å². The molecule has 4 aromatic heterocycles. The number of fused-ring (bicyclic) bond motifs is 7. The second-order valence-corrected chi connectivity index (χ2v) is 20.8. The van der Waals surface area contributed by atoms with Crippen molar-refractivity contribution >= 4 is 54.6 Å². The highest BCUT2D eigenvalue weighted by Gasteiger charge is 2.25. The molecule has 0 fully saturated rings. The van der Waals surface area contributed by atoms with Crippen LogP contribution in [0.1, 0.15) is 79.0 Å². The zero-order valence-corrected chi connectivity index (χ0v) is 39.3. The Morgan fingerprint density at radius 3 is 1.65 bits per heavy atom. The van der Waals surface area contributed by atoms with Crippen LogP contribution in [-0.4, -0.2) is 18.7 Å². The van der Waals surface area contributed by atoms with Gasteiger partial charge in [-0.1, -0.05) is 153 Å². The molecule has 66 heavy (non-hydrogen) atoms. The summed E-state index contributed by atoms with van der Waals surface area (Å²) in [5.41, 5.74) is 13.2. The number of hydrogen-bond donors (Lipinski definition) is 0. The molecular formula is C60H55N5O. The fraction of sp³-hybridized carbons (Fsp3) is 0.200. The van der Waals surface area contributed by atoms with E-state index in [2.05, 4.69) is 251 Å². The SMILES string of the molecule is CC(C)(C)c1cc(-[n+]2[c-]n(-c3cccc(Oc4cc5c(cc4-n4c6ccccc6c6ccccc64)c4ccccc4n5-c4cc(C(C)(C)C)ccn4)c3)c3ccccc32)cc(C(C)(C)C)c1. The molecule has 0 aliphatic rings. The van der Waals surface area contributed by atoms with E-state index in [1.165, 1.54) is 27.5 Å². The van der Waals surface area contributed by atoms with Gasteiger partial charge in [0.05, 0.1) is 50.2 Å². The van der Waals surface area contributed by atoms with Crippen molar-refractivity contribution in [1.82, 2.24) is 18.7 Å². The van der Waals surface area contributed by atoms with E-state index in [4.69, 9.17) is 9.72 Å². The summed E-state index contributed by atoms with van der Waals surface area (Å²) in [6.07, 6.45) is 5.72. The second kappa shape index (κ2) is 15.1. The largest absolute Gasteiger partial charge is 0.456 e. The number of benzene rings is 7. The topological polar surface area (TPSA) is 40.8 Å². The number of rotatable bonds is 6. The number of pyridine rings is 1. The van der Waals surface area contributed by atoms with Crippen LogP contribution in [0.4, 0.5) is 0 Å². The molecule has 6 nitrogen and oxygen atoms in total. The molecule has 11 aromatic rings. The first-order valence-corrected chi connectivity index (χ1v) is 23.0. The quantitative estimate of drug-likeness (QED) is 0.123. The summed E-state index contributed by atoms with van der Waals surface area (Å²) in [6.45, 7) is 20.5. The van der Waals surface area contributed by atoms with E-state index in [0.29, 0.717) is 5.75 Å². The number of hydrogen-bond acceptors (Lipinski definition) is 2. The Kier molecular flexibility index (Phi) is 9.42. The summed E-state index contributed by atoms with van der Waals surface area (Å²) in [6, 6.07) is 58.8. The van der Waals surface area contributed by atoms with Gasteiger partial charge < -0.3 is 9.30 Å². The van der Waals surface area contributed by atoms with Crippen LogP contribution in [0.2, 0.25) is 0 Å². The summed E-state index contributed by atoms with van der Waals surface area (Å²) in [5, 5.41) is 4.65. The van der Waals surface area contributed by atoms with Gasteiger partial charge in [0.25, 0.3) is 6.33 Å². The normalized spacial score (nSPS) is 12.6. The standard InChI is InChI=1S/C60H55N5O/c1-58(2,3)39-29-30-61-57(34-39)65-51-26-15-12-23-47(51)48-36-55(64-49-24-13-10-21-45(49)46-22-11-14-25-50(46)64)56(37-54(48)65)66-44-20-18-19-42(35-44)62-38-63(53-28-17-16-27-52(53)62)43-32-40(59(4,5)6)31-41(33-43)60(7,8)9/h10-37H,1-9H3. The third-order valence-electron chi connectivity index (χ3n) is 13.2. The van der Waals surface area contributed by atoms with Crippen molar-refractivity contribution in [3.8, 4) is 34.4 Å². The fourth-order valence-electron chi connectivity index (χ4n) is 9.54. The molecule has 0 bridgehead atoms. The fourth-order valence-corrected chi connectivity index (χ4v) is 9.54. The molecule has 0 aliphatic heterocycles. The summed E-state index contributed by atoms with van der Waals surface area (Å²) in [5.74, 6) is 2.32. The van der Waals surface area contributed by atoms with Gasteiger partial charge in [-0.25, -0.2) is 4.98 Å². The summed E-state index contributed by atoms with van der Waals surface area (Å²) < 4.78 is 16.3. The van der Waals surface area contributed by atoms with Gasteiger partial charge >= 0.3 is 0 Å². The lowest BCUT2D eigenvalue weighted by molar-refractivity contribution is -0.572. The number of nitrogens with zero attached hydrogens (tertiary/aromatic N) is 5. The van der Waals surface area contributed by atoms with Gasteiger partial charge in [-0.2, -0.15) is 0 Å². The van der Waals surface area contributed by atoms with E-state index in [0.717, 1.165) is 72.5 Å². The Bertz CT molecular complexity index is 3600. The molecule has 0 N–H and O–H groups in total. The average molecular weight is 862 g/mol. The van der Waals surface area contributed by atoms with E-state index in [9.17, 15) is 0 Å². The lowest BCUT2D eigenvalue weighted by Gasteiger charge is -2.26. The number of para-hydroxylation sites is 5. The maximum atomic E-state index is 7.29. The van der Waals surface area contributed by atoms with Gasteiger partial charge in [-0.3, -0.25) is 13.7 Å². The smallest absolute Gasteiger partial charge is 0.269 e. The molecule has 6 heteroatoms. The molecule has 0 aliphatic carbocycles. The number of ether oxygens (including phenoxy) is 1. The minimum absolute atomic E-state index is 0.0248. The van der Waals surface area contributed by atoms with Crippen molar-refractivity contribution in [2.45, 2.75) is 78.6 Å². The van der Waals surface area contributed by atoms with Crippen molar-refractivity contribution in [3.63, 3.8) is 0 Å². The molecule has 7 aromatic carbocycles. The maximum absolute atomic E-state index is 7.29. The lowest BCUT2D eigenvalue weighted by Crippen LogP contribution is -2.31. The first kappa shape index (κ1) is 41.3. The Labute approximate surface area is 387 Å². The van der Waals surface area contributed by atoms with Gasteiger partial charge in [0.2, 0.25) is 0 Å². The van der Waals surface area contributed by atoms with E-state index in [-0.39, 0.29) is 16.2 Å². The van der Waals surface area contributed by atoms with Gasteiger partial charge in [-0.05, 0) is 99.7 Å². The molecule has 0 unspecified atom stereocenters. The number of imidazole rings is 1. The monoisotopic (exact) mass is 861 g/mol. The molecule has 0 amide bonds. The van der Waals surface area contributed by atoms with Crippen LogP contribution in [0.15, 0.2) is 170 Å². The molecule has 0 spiro atoms. The van der Waals surface area contributed by atoms with Crippen LogP contribution in [0.25, 0.3) is 77.5 Å². The Hall–Kier alpha value is -7.44. The van der Waals surface area contributed by atoms with Gasteiger partial charge in [0, 0.05) is 33.8 Å². The van der Waals surface area contributed by atoms with Crippen molar-refractivity contribution in [2.24, 2.45) is 0 Å². The molecule has 0 saturated heterocycles. The van der Waals surface area contributed by atoms with Crippen molar-refractivity contribution in [1.29, 1.82) is 0 Å². The lowest BCUT2D eigenvalue weighted by atomic mass is 9.80. The highest BCUT2D eigenvalue weighted by Crippen LogP contribution is 2.43. The van der Waals surface area contributed by atoms with E-state index < -0.39 is 0 Å². The summed E-state index contributed by atoms with van der Waals surface area (Å²) in [7, 11) is 0. The van der Waals surface area contributed by atoms with E-state index >= 15 is 0 Å². The van der Waals surface area contributed by atoms with Crippen LogP contribution < -0.4 is 9.30 Å². The summed E-state index contributed by atoms with van der Waals surface area (Å²) >= 11 is 0. The zero-order valence-electron chi connectivity index (χ0n) is 39.3. The van der Waals surface area contributed by atoms with E-state index in [1.807, 2.05) is 6.20 Å². The molecule has 4 heterocycles. The van der Waals surface area contributed by atoms with Gasteiger partial charge in [-0.15, -0.1) is 0 Å². The molecular weight excluding hydrogens is 807 g/mol. The third kappa shape index (κ3) is 6.94. The van der Waals surface area contributed by atoms with Crippen LogP contribution in [0, 0.1) is 6.33 Å². The number of aromatic nitrogens is 5. The van der Waals surface area contributed by atoms with Gasteiger partial charge in [0.1, 0.15) is 11.6 Å².